The van der Waals surface area contributed by atoms with Crippen LogP contribution in [-0.2, 0) is 23.0 Å². The number of nitrogens with one attached hydrogen (secondary N) is 1. The van der Waals surface area contributed by atoms with Crippen LogP contribution in [0.15, 0.2) is 65.6 Å². The third-order valence-corrected chi connectivity index (χ3v) is 7.65. The molecule has 4 rings (SSSR count). The molecule has 3 aromatic carbocycles. The maximum absolute atomic E-state index is 13.2. The molecule has 8 nitrogen and oxygen atoms in total. The van der Waals surface area contributed by atoms with Crippen LogP contribution in [0.2, 0.25) is 0 Å². The lowest BCUT2D eigenvalue weighted by atomic mass is 10.0. The fourth-order valence-electron chi connectivity index (χ4n) is 3.98. The van der Waals surface area contributed by atoms with Crippen LogP contribution in [0.25, 0.3) is 0 Å². The molecule has 34 heavy (non-hydrogen) atoms. The summed E-state index contributed by atoms with van der Waals surface area (Å²) in [5, 5.41) is 2.88. The van der Waals surface area contributed by atoms with E-state index in [1.807, 2.05) is 18.2 Å². The molecule has 0 aliphatic carbocycles. The molecule has 0 fully saturated rings. The fourth-order valence-corrected chi connectivity index (χ4v) is 5.39. The Balaban J connectivity index is 1.55. The summed E-state index contributed by atoms with van der Waals surface area (Å²) in [7, 11) is 0.854. The summed E-state index contributed by atoms with van der Waals surface area (Å²) >= 11 is 0. The molecule has 1 aliphatic heterocycles. The molecule has 9 heteroatoms. The van der Waals surface area contributed by atoms with Crippen molar-refractivity contribution >= 4 is 21.6 Å². The van der Waals surface area contributed by atoms with E-state index < -0.39 is 10.0 Å². The van der Waals surface area contributed by atoms with Crippen molar-refractivity contribution in [1.82, 2.24) is 4.31 Å². The molecular weight excluding hydrogens is 456 g/mol. The monoisotopic (exact) mass is 482 g/mol. The Hall–Kier alpha value is -3.56. The first-order chi connectivity index (χ1) is 16.4. The number of fused-ring (bicyclic) bond motifs is 1. The number of amides is 1. The van der Waals surface area contributed by atoms with Gasteiger partial charge in [0.2, 0.25) is 10.0 Å². The topological polar surface area (TPSA) is 94.2 Å². The van der Waals surface area contributed by atoms with Gasteiger partial charge in [0.25, 0.3) is 5.91 Å². The Morgan fingerprint density at radius 1 is 0.912 bits per heavy atom. The van der Waals surface area contributed by atoms with Crippen molar-refractivity contribution in [3.8, 4) is 17.2 Å². The van der Waals surface area contributed by atoms with E-state index in [1.54, 1.807) is 42.5 Å². The molecule has 1 N–H and O–H groups in total. The number of hydrogen-bond donors (Lipinski definition) is 1. The standard InChI is InChI=1S/C25H26N2O6S/c1-31-20-9-11-21(12-10-20)34(29,30)27-14-13-17-7-8-19(15-18(17)16-27)26-25(28)22-5-4-6-23(32-2)24(22)33-3/h4-12,15H,13-14,16H2,1-3H3,(H,26,28). The van der Waals surface area contributed by atoms with Gasteiger partial charge < -0.3 is 19.5 Å². The Morgan fingerprint density at radius 3 is 2.35 bits per heavy atom. The molecule has 0 saturated carbocycles. The first-order valence-corrected chi connectivity index (χ1v) is 12.1. The Labute approximate surface area is 199 Å². The van der Waals surface area contributed by atoms with Gasteiger partial charge in [-0.05, 0) is 66.1 Å². The van der Waals surface area contributed by atoms with Crippen molar-refractivity contribution in [2.45, 2.75) is 17.9 Å². The Morgan fingerprint density at radius 2 is 1.68 bits per heavy atom. The lowest BCUT2D eigenvalue weighted by Gasteiger charge is -2.28. The van der Waals surface area contributed by atoms with Gasteiger partial charge in [0, 0.05) is 18.8 Å². The van der Waals surface area contributed by atoms with Gasteiger partial charge in [-0.15, -0.1) is 0 Å². The number of nitrogens with zero attached hydrogens (tertiary/aromatic N) is 1. The zero-order valence-corrected chi connectivity index (χ0v) is 20.0. The summed E-state index contributed by atoms with van der Waals surface area (Å²) in [6.07, 6.45) is 0.586. The molecule has 0 saturated heterocycles. The molecule has 0 bridgehead atoms. The second-order valence-corrected chi connectivity index (χ2v) is 9.68. The summed E-state index contributed by atoms with van der Waals surface area (Å²) in [6.45, 7) is 0.601. The Bertz CT molecular complexity index is 1310. The number of carbonyl (C=O) groups excluding carboxylic acids is 1. The molecule has 0 unspecified atom stereocenters. The second-order valence-electron chi connectivity index (χ2n) is 7.74. The number of anilines is 1. The van der Waals surface area contributed by atoms with E-state index in [1.165, 1.54) is 25.6 Å². The summed E-state index contributed by atoms with van der Waals surface area (Å²) in [6, 6.07) is 17.0. The maximum Gasteiger partial charge on any atom is 0.259 e. The van der Waals surface area contributed by atoms with Crippen LogP contribution in [0.1, 0.15) is 21.5 Å². The smallest absolute Gasteiger partial charge is 0.259 e. The predicted molar refractivity (Wildman–Crippen MR) is 128 cm³/mol. The molecule has 0 radical (unpaired) electrons. The zero-order chi connectivity index (χ0) is 24.3. The van der Waals surface area contributed by atoms with Gasteiger partial charge in [-0.3, -0.25) is 4.79 Å². The van der Waals surface area contributed by atoms with Gasteiger partial charge in [-0.25, -0.2) is 8.42 Å². The van der Waals surface area contributed by atoms with Crippen molar-refractivity contribution in [3.05, 3.63) is 77.4 Å². The lowest BCUT2D eigenvalue weighted by molar-refractivity contribution is 0.102. The first-order valence-electron chi connectivity index (χ1n) is 10.7. The molecule has 0 spiro atoms. The van der Waals surface area contributed by atoms with E-state index in [9.17, 15) is 13.2 Å². The van der Waals surface area contributed by atoms with E-state index in [2.05, 4.69) is 5.32 Å². The average Bonchev–Trinajstić information content (AvgIpc) is 2.87. The third-order valence-electron chi connectivity index (χ3n) is 5.79. The molecule has 3 aromatic rings. The molecule has 0 atom stereocenters. The van der Waals surface area contributed by atoms with E-state index in [0.29, 0.717) is 41.5 Å². The van der Waals surface area contributed by atoms with E-state index in [0.717, 1.165) is 11.1 Å². The van der Waals surface area contributed by atoms with Gasteiger partial charge in [0.05, 0.1) is 31.8 Å². The molecule has 178 valence electrons. The van der Waals surface area contributed by atoms with Gasteiger partial charge >= 0.3 is 0 Å². The summed E-state index contributed by atoms with van der Waals surface area (Å²) in [5.41, 5.74) is 2.80. The molecule has 1 aliphatic rings. The van der Waals surface area contributed by atoms with Crippen LogP contribution >= 0.6 is 0 Å². The molecule has 1 amide bonds. The highest BCUT2D eigenvalue weighted by atomic mass is 32.2. The van der Waals surface area contributed by atoms with Crippen molar-refractivity contribution in [2.24, 2.45) is 0 Å². The van der Waals surface area contributed by atoms with Crippen molar-refractivity contribution in [3.63, 3.8) is 0 Å². The summed E-state index contributed by atoms with van der Waals surface area (Å²) < 4.78 is 43.5. The van der Waals surface area contributed by atoms with Crippen LogP contribution < -0.4 is 19.5 Å². The van der Waals surface area contributed by atoms with Crippen molar-refractivity contribution in [1.29, 1.82) is 0 Å². The van der Waals surface area contributed by atoms with Gasteiger partial charge in [0.15, 0.2) is 11.5 Å². The lowest BCUT2D eigenvalue weighted by Crippen LogP contribution is -2.36. The van der Waals surface area contributed by atoms with Crippen LogP contribution in [0, 0.1) is 0 Å². The number of hydrogen-bond acceptors (Lipinski definition) is 6. The zero-order valence-electron chi connectivity index (χ0n) is 19.2. The number of para-hydroxylation sites is 1. The number of carbonyl (C=O) groups is 1. The number of ether oxygens (including phenoxy) is 3. The van der Waals surface area contributed by atoms with Crippen molar-refractivity contribution < 1.29 is 27.4 Å². The summed E-state index contributed by atoms with van der Waals surface area (Å²) in [4.78, 5) is 13.1. The highest BCUT2D eigenvalue weighted by molar-refractivity contribution is 7.89. The fraction of sp³-hybridized carbons (Fsp3) is 0.240. The van der Waals surface area contributed by atoms with Crippen molar-refractivity contribution in [2.75, 3.05) is 33.2 Å². The normalized spacial score (nSPS) is 13.6. The largest absolute Gasteiger partial charge is 0.497 e. The summed E-state index contributed by atoms with van der Waals surface area (Å²) in [5.74, 6) is 1.04. The predicted octanol–water partition coefficient (Wildman–Crippen LogP) is 3.71. The highest BCUT2D eigenvalue weighted by Gasteiger charge is 2.28. The quantitative estimate of drug-likeness (QED) is 0.552. The number of rotatable bonds is 7. The Kier molecular flexibility index (Phi) is 6.76. The SMILES string of the molecule is COc1ccc(S(=O)(=O)N2CCc3ccc(NC(=O)c4cccc(OC)c4OC)cc3C2)cc1. The first kappa shape index (κ1) is 23.6. The minimum Gasteiger partial charge on any atom is -0.497 e. The minimum absolute atomic E-state index is 0.214. The molecule has 1 heterocycles. The van der Waals surface area contributed by atoms with E-state index >= 15 is 0 Å². The van der Waals surface area contributed by atoms with E-state index in [4.69, 9.17) is 14.2 Å². The average molecular weight is 483 g/mol. The van der Waals surface area contributed by atoms with Crippen LogP contribution in [0.3, 0.4) is 0 Å². The van der Waals surface area contributed by atoms with E-state index in [-0.39, 0.29) is 17.3 Å². The third kappa shape index (κ3) is 4.57. The maximum atomic E-state index is 13.2. The highest BCUT2D eigenvalue weighted by Crippen LogP contribution is 2.32. The second kappa shape index (κ2) is 9.74. The van der Waals surface area contributed by atoms with Gasteiger partial charge in [0.1, 0.15) is 5.75 Å². The molecular formula is C25H26N2O6S. The number of sulfonamides is 1. The minimum atomic E-state index is -3.67. The van der Waals surface area contributed by atoms with Gasteiger partial charge in [-0.1, -0.05) is 12.1 Å². The van der Waals surface area contributed by atoms with Crippen LogP contribution in [0.5, 0.6) is 17.2 Å². The molecule has 0 aromatic heterocycles. The van der Waals surface area contributed by atoms with Crippen LogP contribution in [-0.4, -0.2) is 46.5 Å². The van der Waals surface area contributed by atoms with Crippen LogP contribution in [0.4, 0.5) is 5.69 Å². The number of methoxy groups -OCH3 is 3. The van der Waals surface area contributed by atoms with Gasteiger partial charge in [-0.2, -0.15) is 4.31 Å². The number of benzene rings is 3.